The van der Waals surface area contributed by atoms with Gasteiger partial charge in [0.15, 0.2) is 11.5 Å². The number of para-hydroxylation sites is 4. The summed E-state index contributed by atoms with van der Waals surface area (Å²) in [6.07, 6.45) is 0. The largest absolute Gasteiger partial charge is 0.453 e. The molecule has 3 nitrogen and oxygen atoms in total. The fraction of sp³-hybridized carbons (Fsp3) is 0. The van der Waals surface area contributed by atoms with Crippen molar-refractivity contribution >= 4 is 60.4 Å². The second kappa shape index (κ2) is 10.1. The Morgan fingerprint density at radius 2 is 1.02 bits per heavy atom. The summed E-state index contributed by atoms with van der Waals surface area (Å²) in [4.78, 5) is 2.28. The highest BCUT2D eigenvalue weighted by molar-refractivity contribution is 6.12. The molecule has 0 radical (unpaired) electrons. The topological polar surface area (TPSA) is 17.4 Å². The Kier molecular flexibility index (Phi) is 5.57. The first-order chi connectivity index (χ1) is 23.3. The smallest absolute Gasteiger partial charge is 0.152 e. The van der Waals surface area contributed by atoms with Crippen LogP contribution >= 0.6 is 0 Å². The average Bonchev–Trinajstić information content (AvgIpc) is 3.47. The Labute approximate surface area is 272 Å². The molecule has 9 aromatic rings. The van der Waals surface area contributed by atoms with Crippen molar-refractivity contribution in [1.82, 2.24) is 4.57 Å². The zero-order chi connectivity index (χ0) is 30.9. The van der Waals surface area contributed by atoms with Gasteiger partial charge in [0.1, 0.15) is 0 Å². The maximum absolute atomic E-state index is 6.53. The first-order valence-corrected chi connectivity index (χ1v) is 16.0. The van der Waals surface area contributed by atoms with Gasteiger partial charge in [0, 0.05) is 22.1 Å². The van der Waals surface area contributed by atoms with Crippen molar-refractivity contribution in [3.8, 4) is 28.3 Å². The van der Waals surface area contributed by atoms with Crippen LogP contribution in [0, 0.1) is 0 Å². The van der Waals surface area contributed by atoms with Crippen LogP contribution in [-0.2, 0) is 0 Å². The number of aromatic nitrogens is 1. The highest BCUT2D eigenvalue weighted by Gasteiger charge is 2.26. The predicted molar refractivity (Wildman–Crippen MR) is 196 cm³/mol. The van der Waals surface area contributed by atoms with Crippen LogP contribution in [0.1, 0.15) is 0 Å². The van der Waals surface area contributed by atoms with Crippen LogP contribution in [0.5, 0.6) is 11.5 Å². The molecular weight excluding hydrogens is 572 g/mol. The highest BCUT2D eigenvalue weighted by Crippen LogP contribution is 2.51. The van der Waals surface area contributed by atoms with Crippen molar-refractivity contribution in [2.75, 3.05) is 4.90 Å². The molecule has 1 aliphatic heterocycles. The summed E-state index contributed by atoms with van der Waals surface area (Å²) in [5.74, 6) is 1.69. The van der Waals surface area contributed by atoms with Crippen molar-refractivity contribution < 1.29 is 4.74 Å². The van der Waals surface area contributed by atoms with E-state index in [0.717, 1.165) is 45.4 Å². The second-order valence-electron chi connectivity index (χ2n) is 12.2. The molecule has 3 heteroatoms. The molecule has 0 saturated heterocycles. The number of ether oxygens (including phenoxy) is 1. The van der Waals surface area contributed by atoms with Crippen LogP contribution in [0.4, 0.5) is 17.1 Å². The Balaban J connectivity index is 1.13. The summed E-state index contributed by atoms with van der Waals surface area (Å²) < 4.78 is 8.93. The monoisotopic (exact) mass is 600 g/mol. The van der Waals surface area contributed by atoms with Crippen molar-refractivity contribution in [2.24, 2.45) is 0 Å². The van der Waals surface area contributed by atoms with Crippen molar-refractivity contribution in [3.05, 3.63) is 170 Å². The molecule has 8 aromatic carbocycles. The predicted octanol–water partition coefficient (Wildman–Crippen LogP) is 12.3. The summed E-state index contributed by atoms with van der Waals surface area (Å²) in [7, 11) is 0. The van der Waals surface area contributed by atoms with Gasteiger partial charge < -0.3 is 14.2 Å². The number of hydrogen-bond donors (Lipinski definition) is 0. The van der Waals surface area contributed by atoms with Gasteiger partial charge in [-0.2, -0.15) is 0 Å². The first kappa shape index (κ1) is 26.0. The molecular formula is C44H28N2O. The molecule has 0 bridgehead atoms. The minimum absolute atomic E-state index is 0.843. The van der Waals surface area contributed by atoms with Crippen LogP contribution in [0.3, 0.4) is 0 Å². The zero-order valence-electron chi connectivity index (χ0n) is 25.5. The molecule has 1 aromatic heterocycles. The lowest BCUT2D eigenvalue weighted by Gasteiger charge is -2.33. The van der Waals surface area contributed by atoms with E-state index in [0.29, 0.717) is 0 Å². The Hall–Kier alpha value is -6.32. The van der Waals surface area contributed by atoms with Gasteiger partial charge in [-0.05, 0) is 99.4 Å². The number of benzene rings is 8. The van der Waals surface area contributed by atoms with Gasteiger partial charge >= 0.3 is 0 Å². The molecule has 0 aliphatic carbocycles. The van der Waals surface area contributed by atoms with E-state index in [2.05, 4.69) is 167 Å². The van der Waals surface area contributed by atoms with Gasteiger partial charge in [-0.25, -0.2) is 0 Å². The third-order valence-corrected chi connectivity index (χ3v) is 9.54. The minimum atomic E-state index is 0.843. The molecule has 2 heterocycles. The molecule has 0 saturated carbocycles. The van der Waals surface area contributed by atoms with E-state index in [9.17, 15) is 0 Å². The number of rotatable bonds is 3. The summed E-state index contributed by atoms with van der Waals surface area (Å²) >= 11 is 0. The fourth-order valence-electron chi connectivity index (χ4n) is 7.35. The van der Waals surface area contributed by atoms with Crippen LogP contribution < -0.4 is 9.64 Å². The molecule has 0 fully saturated rings. The van der Waals surface area contributed by atoms with Crippen molar-refractivity contribution in [3.63, 3.8) is 0 Å². The molecule has 220 valence electrons. The van der Waals surface area contributed by atoms with Crippen LogP contribution in [0.2, 0.25) is 0 Å². The maximum atomic E-state index is 6.53. The van der Waals surface area contributed by atoms with Gasteiger partial charge in [-0.1, -0.05) is 103 Å². The normalized spacial score (nSPS) is 12.4. The first-order valence-electron chi connectivity index (χ1n) is 16.0. The van der Waals surface area contributed by atoms with E-state index in [1.165, 1.54) is 43.4 Å². The average molecular weight is 601 g/mol. The van der Waals surface area contributed by atoms with Crippen molar-refractivity contribution in [1.29, 1.82) is 0 Å². The van der Waals surface area contributed by atoms with Gasteiger partial charge in [0.25, 0.3) is 0 Å². The number of hydrogen-bond acceptors (Lipinski definition) is 2. The zero-order valence-corrected chi connectivity index (χ0v) is 25.5. The molecule has 0 amide bonds. The Bertz CT molecular complexity index is 2670. The van der Waals surface area contributed by atoms with E-state index in [1.54, 1.807) is 0 Å². The quantitative estimate of drug-likeness (QED) is 0.188. The van der Waals surface area contributed by atoms with E-state index >= 15 is 0 Å². The van der Waals surface area contributed by atoms with Gasteiger partial charge in [0.05, 0.1) is 22.4 Å². The third kappa shape index (κ3) is 4.00. The minimum Gasteiger partial charge on any atom is -0.453 e. The molecule has 1 aliphatic rings. The maximum Gasteiger partial charge on any atom is 0.152 e. The van der Waals surface area contributed by atoms with E-state index < -0.39 is 0 Å². The SMILES string of the molecule is c1ccc(N2c3ccccc3Oc3cc(-c4ccc5c(c4)c4ccccc4n5-c4ccc5ccc6ccccc6c5c4)ccc32)cc1. The second-order valence-corrected chi connectivity index (χ2v) is 12.2. The Morgan fingerprint density at radius 3 is 1.94 bits per heavy atom. The molecule has 0 N–H and O–H groups in total. The number of fused-ring (bicyclic) bond motifs is 8. The number of nitrogens with zero attached hydrogens (tertiary/aromatic N) is 2. The molecule has 0 atom stereocenters. The van der Waals surface area contributed by atoms with E-state index in [1.807, 2.05) is 12.1 Å². The fourth-order valence-corrected chi connectivity index (χ4v) is 7.35. The molecule has 0 unspecified atom stereocenters. The molecule has 10 rings (SSSR count). The highest BCUT2D eigenvalue weighted by atomic mass is 16.5. The lowest BCUT2D eigenvalue weighted by molar-refractivity contribution is 0.477. The standard InChI is InChI=1S/C44H28N2O/c1-2-11-33(12-3-1)45-41-16-8-9-17-43(41)47-44-27-32(22-25-42(44)45)31-21-24-40-38(26-31)36-14-6-7-15-39(36)46(40)34-23-20-30-19-18-29-10-4-5-13-35(29)37(30)28-34/h1-28H. The molecule has 0 spiro atoms. The third-order valence-electron chi connectivity index (χ3n) is 9.54. The lowest BCUT2D eigenvalue weighted by atomic mass is 10.0. The van der Waals surface area contributed by atoms with E-state index in [4.69, 9.17) is 4.74 Å². The van der Waals surface area contributed by atoms with Crippen LogP contribution in [0.25, 0.3) is 60.2 Å². The van der Waals surface area contributed by atoms with Crippen LogP contribution in [0.15, 0.2) is 170 Å². The summed E-state index contributed by atoms with van der Waals surface area (Å²) in [5.41, 5.74) is 8.99. The van der Waals surface area contributed by atoms with E-state index in [-0.39, 0.29) is 0 Å². The van der Waals surface area contributed by atoms with Crippen LogP contribution in [-0.4, -0.2) is 4.57 Å². The van der Waals surface area contributed by atoms with Gasteiger partial charge in [-0.3, -0.25) is 0 Å². The Morgan fingerprint density at radius 1 is 0.362 bits per heavy atom. The summed E-state index contributed by atoms with van der Waals surface area (Å²) in [5, 5.41) is 7.51. The number of anilines is 3. The summed E-state index contributed by atoms with van der Waals surface area (Å²) in [6, 6.07) is 60.8. The van der Waals surface area contributed by atoms with Gasteiger partial charge in [0.2, 0.25) is 0 Å². The van der Waals surface area contributed by atoms with Gasteiger partial charge in [-0.15, -0.1) is 0 Å². The summed E-state index contributed by atoms with van der Waals surface area (Å²) in [6.45, 7) is 0. The molecule has 47 heavy (non-hydrogen) atoms. The lowest BCUT2D eigenvalue weighted by Crippen LogP contribution is -2.15. The van der Waals surface area contributed by atoms with Crippen molar-refractivity contribution in [2.45, 2.75) is 0 Å².